The van der Waals surface area contributed by atoms with Crippen molar-refractivity contribution in [2.24, 2.45) is 0 Å². The third-order valence-corrected chi connectivity index (χ3v) is 3.12. The maximum atomic E-state index is 11.7. The fourth-order valence-electron chi connectivity index (χ4n) is 1.72. The third kappa shape index (κ3) is 3.13. The summed E-state index contributed by atoms with van der Waals surface area (Å²) in [6.07, 6.45) is 1.49. The third-order valence-electron chi connectivity index (χ3n) is 2.79. The molecule has 0 aliphatic heterocycles. The zero-order chi connectivity index (χ0) is 13.9. The van der Waals surface area contributed by atoms with Gasteiger partial charge in [-0.1, -0.05) is 29.8 Å². The van der Waals surface area contributed by atoms with Crippen LogP contribution in [0.15, 0.2) is 36.5 Å². The molecule has 1 atom stereocenters. The van der Waals surface area contributed by atoms with Crippen LogP contribution in [0.1, 0.15) is 23.0 Å². The van der Waals surface area contributed by atoms with Crippen molar-refractivity contribution in [2.75, 3.05) is 6.54 Å². The van der Waals surface area contributed by atoms with Crippen molar-refractivity contribution in [3.63, 3.8) is 0 Å². The number of aliphatic hydroxyl groups is 1. The van der Waals surface area contributed by atoms with E-state index in [1.807, 2.05) is 0 Å². The van der Waals surface area contributed by atoms with Crippen LogP contribution in [0.5, 0.6) is 0 Å². The van der Waals surface area contributed by atoms with Gasteiger partial charge in [0, 0.05) is 16.8 Å². The minimum Gasteiger partial charge on any atom is -0.384 e. The minimum absolute atomic E-state index is 0.0502. The normalized spacial score (nSPS) is 13.8. The molecule has 0 aliphatic carbocycles. The van der Waals surface area contributed by atoms with Gasteiger partial charge < -0.3 is 10.4 Å². The Kier molecular flexibility index (Phi) is 3.87. The fourth-order valence-corrected chi connectivity index (χ4v) is 2.06. The van der Waals surface area contributed by atoms with E-state index in [0.29, 0.717) is 16.3 Å². The van der Waals surface area contributed by atoms with Crippen LogP contribution in [-0.4, -0.2) is 27.8 Å². The first-order valence-electron chi connectivity index (χ1n) is 5.75. The Labute approximate surface area is 115 Å². The molecule has 1 amide bonds. The number of hydrogen-bond acceptors (Lipinski definition) is 3. The summed E-state index contributed by atoms with van der Waals surface area (Å²) in [5.41, 5.74) is -0.329. The highest BCUT2D eigenvalue weighted by Gasteiger charge is 2.26. The predicted molar refractivity (Wildman–Crippen MR) is 71.9 cm³/mol. The van der Waals surface area contributed by atoms with Gasteiger partial charge >= 0.3 is 0 Å². The quantitative estimate of drug-likeness (QED) is 0.797. The largest absolute Gasteiger partial charge is 0.384 e. The molecule has 5 nitrogen and oxygen atoms in total. The van der Waals surface area contributed by atoms with Gasteiger partial charge in [-0.15, -0.1) is 0 Å². The Balaban J connectivity index is 2.06. The lowest BCUT2D eigenvalue weighted by Crippen LogP contribution is -2.38. The van der Waals surface area contributed by atoms with Crippen LogP contribution >= 0.6 is 11.6 Å². The molecule has 0 saturated heterocycles. The van der Waals surface area contributed by atoms with Crippen LogP contribution in [0.3, 0.4) is 0 Å². The van der Waals surface area contributed by atoms with E-state index >= 15 is 0 Å². The zero-order valence-electron chi connectivity index (χ0n) is 10.4. The van der Waals surface area contributed by atoms with Crippen molar-refractivity contribution < 1.29 is 9.90 Å². The number of nitrogens with one attached hydrogen (secondary N) is 2. The maximum Gasteiger partial charge on any atom is 0.269 e. The Morgan fingerprint density at radius 3 is 2.84 bits per heavy atom. The minimum atomic E-state index is -1.24. The number of aromatic nitrogens is 2. The Morgan fingerprint density at radius 1 is 1.47 bits per heavy atom. The Morgan fingerprint density at radius 2 is 2.21 bits per heavy atom. The number of rotatable bonds is 4. The number of benzene rings is 1. The molecular weight excluding hydrogens is 266 g/mol. The van der Waals surface area contributed by atoms with Crippen molar-refractivity contribution in [1.82, 2.24) is 15.5 Å². The second-order valence-corrected chi connectivity index (χ2v) is 4.81. The van der Waals surface area contributed by atoms with E-state index < -0.39 is 5.60 Å². The number of nitrogens with zero attached hydrogens (tertiary/aromatic N) is 1. The van der Waals surface area contributed by atoms with Crippen LogP contribution in [0.4, 0.5) is 0 Å². The van der Waals surface area contributed by atoms with E-state index in [-0.39, 0.29) is 12.5 Å². The van der Waals surface area contributed by atoms with E-state index in [4.69, 9.17) is 11.6 Å². The zero-order valence-corrected chi connectivity index (χ0v) is 11.1. The van der Waals surface area contributed by atoms with Crippen LogP contribution in [-0.2, 0) is 5.60 Å². The molecule has 1 aromatic heterocycles. The molecule has 100 valence electrons. The van der Waals surface area contributed by atoms with Gasteiger partial charge in [-0.2, -0.15) is 5.10 Å². The van der Waals surface area contributed by atoms with Gasteiger partial charge in [-0.25, -0.2) is 0 Å². The number of amides is 1. The van der Waals surface area contributed by atoms with Gasteiger partial charge in [-0.05, 0) is 19.1 Å². The summed E-state index contributed by atoms with van der Waals surface area (Å²) in [4.78, 5) is 11.7. The molecule has 0 fully saturated rings. The van der Waals surface area contributed by atoms with Crippen molar-refractivity contribution >= 4 is 17.5 Å². The molecule has 0 radical (unpaired) electrons. The summed E-state index contributed by atoms with van der Waals surface area (Å²) < 4.78 is 0. The molecule has 0 spiro atoms. The molecule has 6 heteroatoms. The average molecular weight is 280 g/mol. The van der Waals surface area contributed by atoms with Crippen molar-refractivity contribution in [3.05, 3.63) is 52.8 Å². The molecule has 1 aromatic carbocycles. The highest BCUT2D eigenvalue weighted by Crippen LogP contribution is 2.27. The average Bonchev–Trinajstić information content (AvgIpc) is 2.90. The Hall–Kier alpha value is -1.85. The molecule has 2 aromatic rings. The second-order valence-electron chi connectivity index (χ2n) is 4.41. The molecule has 0 unspecified atom stereocenters. The summed E-state index contributed by atoms with van der Waals surface area (Å²) in [5, 5.41) is 19.7. The number of carbonyl (C=O) groups excluding carboxylic acids is 1. The summed E-state index contributed by atoms with van der Waals surface area (Å²) >= 11 is 6.03. The number of carbonyl (C=O) groups is 1. The van der Waals surface area contributed by atoms with Gasteiger partial charge in [0.15, 0.2) is 0 Å². The van der Waals surface area contributed by atoms with Crippen LogP contribution in [0.25, 0.3) is 0 Å². The molecular formula is C13H14ClN3O2. The number of H-pyrrole nitrogens is 1. The molecule has 3 N–H and O–H groups in total. The van der Waals surface area contributed by atoms with E-state index in [2.05, 4.69) is 15.5 Å². The number of halogens is 1. The summed E-state index contributed by atoms with van der Waals surface area (Å²) in [6.45, 7) is 1.65. The summed E-state index contributed by atoms with van der Waals surface area (Å²) in [5.74, 6) is -0.329. The van der Waals surface area contributed by atoms with E-state index in [1.54, 1.807) is 37.3 Å². The van der Waals surface area contributed by atoms with Crippen molar-refractivity contribution in [3.8, 4) is 0 Å². The predicted octanol–water partition coefficient (Wildman–Crippen LogP) is 1.70. The second kappa shape index (κ2) is 5.42. The molecule has 2 rings (SSSR count). The first-order valence-corrected chi connectivity index (χ1v) is 6.13. The standard InChI is InChI=1S/C13H14ClN3O2/c1-13(19,9-4-2-3-5-10(9)14)8-15-12(18)11-6-7-16-17-11/h2-7,19H,8H2,1H3,(H,15,18)(H,16,17)/t13-/m1/s1. The molecule has 19 heavy (non-hydrogen) atoms. The van der Waals surface area contributed by atoms with Gasteiger partial charge in [0.2, 0.25) is 0 Å². The lowest BCUT2D eigenvalue weighted by Gasteiger charge is -2.25. The van der Waals surface area contributed by atoms with Crippen LogP contribution in [0, 0.1) is 0 Å². The van der Waals surface area contributed by atoms with Gasteiger partial charge in [0.05, 0.1) is 6.54 Å². The highest BCUT2D eigenvalue weighted by molar-refractivity contribution is 6.31. The number of aromatic amines is 1. The number of hydrogen-bond donors (Lipinski definition) is 3. The monoisotopic (exact) mass is 279 g/mol. The maximum absolute atomic E-state index is 11.7. The molecule has 0 saturated carbocycles. The SMILES string of the molecule is C[C@@](O)(CNC(=O)c1ccn[nH]1)c1ccccc1Cl. The lowest BCUT2D eigenvalue weighted by molar-refractivity contribution is 0.0526. The van der Waals surface area contributed by atoms with Crippen LogP contribution in [0.2, 0.25) is 5.02 Å². The molecule has 1 heterocycles. The van der Waals surface area contributed by atoms with E-state index in [9.17, 15) is 9.90 Å². The van der Waals surface area contributed by atoms with E-state index in [1.165, 1.54) is 6.20 Å². The van der Waals surface area contributed by atoms with Gasteiger partial charge in [0.25, 0.3) is 5.91 Å². The molecule has 0 bridgehead atoms. The van der Waals surface area contributed by atoms with Crippen LogP contribution < -0.4 is 5.32 Å². The summed E-state index contributed by atoms with van der Waals surface area (Å²) in [6, 6.07) is 8.55. The Bertz CT molecular complexity index is 567. The first-order chi connectivity index (χ1) is 9.00. The summed E-state index contributed by atoms with van der Waals surface area (Å²) in [7, 11) is 0. The smallest absolute Gasteiger partial charge is 0.269 e. The lowest BCUT2D eigenvalue weighted by atomic mass is 9.96. The fraction of sp³-hybridized carbons (Fsp3) is 0.231. The molecule has 0 aliphatic rings. The first kappa shape index (κ1) is 13.6. The van der Waals surface area contributed by atoms with E-state index in [0.717, 1.165) is 0 Å². The topological polar surface area (TPSA) is 78.0 Å². The van der Waals surface area contributed by atoms with Gasteiger partial charge in [-0.3, -0.25) is 9.89 Å². The van der Waals surface area contributed by atoms with Crippen molar-refractivity contribution in [2.45, 2.75) is 12.5 Å². The van der Waals surface area contributed by atoms with Crippen molar-refractivity contribution in [1.29, 1.82) is 0 Å². The van der Waals surface area contributed by atoms with Gasteiger partial charge in [0.1, 0.15) is 11.3 Å². The highest BCUT2D eigenvalue weighted by atomic mass is 35.5.